The first-order valence-electron chi connectivity index (χ1n) is 8.88. The zero-order valence-electron chi connectivity index (χ0n) is 15.3. The molecule has 1 aliphatic rings. The molecule has 0 aromatic heterocycles. The molecule has 0 unspecified atom stereocenters. The average Bonchev–Trinajstić information content (AvgIpc) is 3.08. The van der Waals surface area contributed by atoms with E-state index in [0.29, 0.717) is 0 Å². The number of hydrogen-bond donors (Lipinski definition) is 1. The summed E-state index contributed by atoms with van der Waals surface area (Å²) in [5.41, 5.74) is 1.35. The minimum absolute atomic E-state index is 0.142. The van der Waals surface area contributed by atoms with E-state index in [-0.39, 0.29) is 12.5 Å². The molecule has 1 amide bonds. The quantitative estimate of drug-likeness (QED) is 0.347. The minimum atomic E-state index is -1.81. The van der Waals surface area contributed by atoms with Gasteiger partial charge in [-0.15, -0.1) is 6.42 Å². The summed E-state index contributed by atoms with van der Waals surface area (Å²) in [6.45, 7) is -0.142. The maximum absolute atomic E-state index is 14.0. The van der Waals surface area contributed by atoms with Crippen LogP contribution in [0.4, 0.5) is 28.0 Å². The molecule has 3 aromatic carbocycles. The third-order valence-corrected chi connectivity index (χ3v) is 4.98. The summed E-state index contributed by atoms with van der Waals surface area (Å²) in [6, 6.07) is 15.1. The molecule has 1 N–H and O–H groups in total. The van der Waals surface area contributed by atoms with Crippen molar-refractivity contribution in [3.8, 4) is 23.5 Å². The smallest absolute Gasteiger partial charge is 0.411 e. The summed E-state index contributed by atoms with van der Waals surface area (Å²) in [6.07, 6.45) is 3.60. The van der Waals surface area contributed by atoms with Crippen molar-refractivity contribution in [2.75, 3.05) is 11.9 Å². The number of benzene rings is 3. The highest BCUT2D eigenvalue weighted by molar-refractivity contribution is 5.85. The molecule has 7 heteroatoms. The number of halogens is 4. The molecular formula is C23H13F4NO2. The van der Waals surface area contributed by atoms with Crippen LogP contribution in [0.25, 0.3) is 11.1 Å². The SMILES string of the molecule is C#Cc1c(F)c(F)c(NC(=O)OCC2c3ccccc3-c3ccccc32)c(F)c1F. The molecule has 0 spiro atoms. The Bertz CT molecular complexity index is 1140. The average molecular weight is 411 g/mol. The van der Waals surface area contributed by atoms with E-state index in [1.807, 2.05) is 48.5 Å². The highest BCUT2D eigenvalue weighted by atomic mass is 19.2. The number of rotatable bonds is 3. The maximum Gasteiger partial charge on any atom is 0.411 e. The molecule has 0 aliphatic heterocycles. The fourth-order valence-corrected chi connectivity index (χ4v) is 3.60. The first-order chi connectivity index (χ1) is 14.4. The number of anilines is 1. The highest BCUT2D eigenvalue weighted by Gasteiger charge is 2.30. The Hall–Kier alpha value is -3.79. The molecule has 4 rings (SSSR count). The number of carbonyl (C=O) groups is 1. The molecule has 0 radical (unpaired) electrons. The predicted molar refractivity (Wildman–Crippen MR) is 103 cm³/mol. The van der Waals surface area contributed by atoms with Crippen molar-refractivity contribution < 1.29 is 27.1 Å². The molecule has 0 bridgehead atoms. The number of amides is 1. The van der Waals surface area contributed by atoms with Crippen LogP contribution < -0.4 is 5.32 Å². The fraction of sp³-hybridized carbons (Fsp3) is 0.0870. The second-order valence-electron chi connectivity index (χ2n) is 6.60. The van der Waals surface area contributed by atoms with E-state index in [1.165, 1.54) is 5.92 Å². The lowest BCUT2D eigenvalue weighted by atomic mass is 9.98. The van der Waals surface area contributed by atoms with Gasteiger partial charge in [0.1, 0.15) is 17.9 Å². The van der Waals surface area contributed by atoms with Gasteiger partial charge in [-0.05, 0) is 22.3 Å². The Labute approximate surface area is 169 Å². The molecule has 0 heterocycles. The number of fused-ring (bicyclic) bond motifs is 3. The van der Waals surface area contributed by atoms with Crippen LogP contribution in [0.2, 0.25) is 0 Å². The van der Waals surface area contributed by atoms with E-state index in [9.17, 15) is 22.4 Å². The Morgan fingerprint density at radius 1 is 0.900 bits per heavy atom. The van der Waals surface area contributed by atoms with Crippen LogP contribution >= 0.6 is 0 Å². The van der Waals surface area contributed by atoms with E-state index >= 15 is 0 Å². The summed E-state index contributed by atoms with van der Waals surface area (Å²) < 4.78 is 60.8. The number of hydrogen-bond acceptors (Lipinski definition) is 2. The van der Waals surface area contributed by atoms with Crippen LogP contribution in [0, 0.1) is 35.6 Å². The van der Waals surface area contributed by atoms with Gasteiger partial charge in [-0.1, -0.05) is 54.5 Å². The van der Waals surface area contributed by atoms with Gasteiger partial charge in [0.15, 0.2) is 23.3 Å². The van der Waals surface area contributed by atoms with Crippen molar-refractivity contribution in [3.63, 3.8) is 0 Å². The van der Waals surface area contributed by atoms with Crippen LogP contribution in [0.3, 0.4) is 0 Å². The standard InChI is InChI=1S/C23H13F4NO2/c1-2-12-18(24)20(26)22(21(27)19(12)25)28-23(29)30-11-17-15-9-5-3-7-13(15)14-8-4-6-10-16(14)17/h1,3-10,17H,11H2,(H,28,29). The van der Waals surface area contributed by atoms with E-state index in [2.05, 4.69) is 0 Å². The molecule has 0 saturated heterocycles. The number of ether oxygens (including phenoxy) is 1. The van der Waals surface area contributed by atoms with Crippen LogP contribution in [-0.2, 0) is 4.74 Å². The van der Waals surface area contributed by atoms with Crippen molar-refractivity contribution >= 4 is 11.8 Å². The van der Waals surface area contributed by atoms with Gasteiger partial charge in [-0.3, -0.25) is 5.32 Å². The monoisotopic (exact) mass is 411 g/mol. The van der Waals surface area contributed by atoms with Gasteiger partial charge in [0.05, 0.1) is 0 Å². The Balaban J connectivity index is 1.55. The lowest BCUT2D eigenvalue weighted by Crippen LogP contribution is -2.20. The van der Waals surface area contributed by atoms with Gasteiger partial charge in [0, 0.05) is 5.92 Å². The molecule has 0 atom stereocenters. The van der Waals surface area contributed by atoms with Crippen molar-refractivity contribution in [1.82, 2.24) is 0 Å². The van der Waals surface area contributed by atoms with Gasteiger partial charge >= 0.3 is 6.09 Å². The largest absolute Gasteiger partial charge is 0.448 e. The van der Waals surface area contributed by atoms with Crippen molar-refractivity contribution in [1.29, 1.82) is 0 Å². The third-order valence-electron chi connectivity index (χ3n) is 4.98. The number of nitrogens with one attached hydrogen (secondary N) is 1. The van der Waals surface area contributed by atoms with Crippen LogP contribution in [0.15, 0.2) is 48.5 Å². The highest BCUT2D eigenvalue weighted by Crippen LogP contribution is 2.44. The normalized spacial score (nSPS) is 12.1. The minimum Gasteiger partial charge on any atom is -0.448 e. The lowest BCUT2D eigenvalue weighted by Gasteiger charge is -2.15. The van der Waals surface area contributed by atoms with Crippen molar-refractivity contribution in [2.24, 2.45) is 0 Å². The molecule has 3 aromatic rings. The van der Waals surface area contributed by atoms with Crippen LogP contribution in [0.1, 0.15) is 22.6 Å². The second-order valence-corrected chi connectivity index (χ2v) is 6.60. The fourth-order valence-electron chi connectivity index (χ4n) is 3.60. The molecule has 30 heavy (non-hydrogen) atoms. The van der Waals surface area contributed by atoms with E-state index in [0.717, 1.165) is 22.3 Å². The molecular weight excluding hydrogens is 398 g/mol. The van der Waals surface area contributed by atoms with Gasteiger partial charge in [0.25, 0.3) is 0 Å². The first kappa shape index (κ1) is 19.5. The lowest BCUT2D eigenvalue weighted by molar-refractivity contribution is 0.158. The Kier molecular flexibility index (Phi) is 4.92. The Morgan fingerprint density at radius 2 is 1.40 bits per heavy atom. The second kappa shape index (κ2) is 7.56. The zero-order chi connectivity index (χ0) is 21.4. The number of terminal acetylenes is 1. The third kappa shape index (κ3) is 3.07. The maximum atomic E-state index is 14.0. The molecule has 0 saturated carbocycles. The van der Waals surface area contributed by atoms with Gasteiger partial charge in [-0.2, -0.15) is 0 Å². The summed E-state index contributed by atoms with van der Waals surface area (Å²) >= 11 is 0. The first-order valence-corrected chi connectivity index (χ1v) is 8.88. The zero-order valence-corrected chi connectivity index (χ0v) is 15.3. The number of carbonyl (C=O) groups excluding carboxylic acids is 1. The summed E-state index contributed by atoms with van der Waals surface area (Å²) in [7, 11) is 0. The molecule has 0 fully saturated rings. The van der Waals surface area contributed by atoms with Crippen LogP contribution in [-0.4, -0.2) is 12.7 Å². The van der Waals surface area contributed by atoms with Gasteiger partial charge in [0.2, 0.25) is 0 Å². The summed E-state index contributed by atoms with van der Waals surface area (Å²) in [5.74, 6) is -5.93. The predicted octanol–water partition coefficient (Wildman–Crippen LogP) is 5.59. The van der Waals surface area contributed by atoms with Gasteiger partial charge in [-0.25, -0.2) is 22.4 Å². The topological polar surface area (TPSA) is 38.3 Å². The van der Waals surface area contributed by atoms with E-state index in [1.54, 1.807) is 5.32 Å². The van der Waals surface area contributed by atoms with Crippen LogP contribution in [0.5, 0.6) is 0 Å². The molecule has 150 valence electrons. The van der Waals surface area contributed by atoms with Gasteiger partial charge < -0.3 is 4.74 Å². The molecule has 1 aliphatic carbocycles. The summed E-state index contributed by atoms with van der Waals surface area (Å²) in [4.78, 5) is 12.1. The summed E-state index contributed by atoms with van der Waals surface area (Å²) in [5, 5.41) is 1.72. The van der Waals surface area contributed by atoms with Crippen molar-refractivity contribution in [2.45, 2.75) is 5.92 Å². The Morgan fingerprint density at radius 3 is 1.90 bits per heavy atom. The molecule has 3 nitrogen and oxygen atoms in total. The van der Waals surface area contributed by atoms with Crippen molar-refractivity contribution in [3.05, 3.63) is 88.5 Å². The van der Waals surface area contributed by atoms with E-state index in [4.69, 9.17) is 11.2 Å². The van der Waals surface area contributed by atoms with E-state index < -0.39 is 40.6 Å².